The predicted molar refractivity (Wildman–Crippen MR) is 133 cm³/mol. The number of aromatic nitrogens is 2. The van der Waals surface area contributed by atoms with Gasteiger partial charge in [0, 0.05) is 36.1 Å². The first-order valence-electron chi connectivity index (χ1n) is 11.6. The number of hydrogen-bond acceptors (Lipinski definition) is 5. The first-order chi connectivity index (χ1) is 16.5. The van der Waals surface area contributed by atoms with Crippen molar-refractivity contribution >= 4 is 27.7 Å². The van der Waals surface area contributed by atoms with Crippen LogP contribution in [0.2, 0.25) is 0 Å². The molecule has 4 rings (SSSR count). The zero-order valence-electron chi connectivity index (χ0n) is 19.0. The molecule has 1 heterocycles. The zero-order chi connectivity index (χ0) is 23.9. The minimum Gasteiger partial charge on any atom is -0.464 e. The van der Waals surface area contributed by atoms with Crippen molar-refractivity contribution in [3.8, 4) is 5.75 Å². The van der Waals surface area contributed by atoms with E-state index >= 15 is 0 Å². The Morgan fingerprint density at radius 3 is 2.47 bits per heavy atom. The van der Waals surface area contributed by atoms with Gasteiger partial charge >= 0.3 is 0 Å². The zero-order valence-corrected chi connectivity index (χ0v) is 19.0. The van der Waals surface area contributed by atoms with Crippen LogP contribution in [0.15, 0.2) is 65.5 Å². The molecule has 4 aromatic rings. The number of nitrogens with two attached hydrogens (primary N) is 1. The van der Waals surface area contributed by atoms with Crippen LogP contribution in [0.1, 0.15) is 49.8 Å². The number of H-pyrrole nitrogens is 1. The fourth-order valence-electron chi connectivity index (χ4n) is 4.11. The number of amides is 1. The molecule has 7 heteroatoms. The van der Waals surface area contributed by atoms with Gasteiger partial charge in [0.05, 0.1) is 11.0 Å². The number of carbonyl (C=O) groups excluding carboxylic acids is 1. The third-order valence-electron chi connectivity index (χ3n) is 5.84. The molecule has 0 aliphatic rings. The number of ether oxygens (including phenoxy) is 1. The Morgan fingerprint density at radius 1 is 1.00 bits per heavy atom. The summed E-state index contributed by atoms with van der Waals surface area (Å²) >= 11 is 0. The summed E-state index contributed by atoms with van der Waals surface area (Å²) in [5, 5.41) is 12.1. The molecular weight excluding hydrogens is 430 g/mol. The summed E-state index contributed by atoms with van der Waals surface area (Å²) in [4.78, 5) is 31.2. The predicted octanol–water partition coefficient (Wildman–Crippen LogP) is 4.19. The maximum Gasteiger partial charge on any atom is 0.270 e. The smallest absolute Gasteiger partial charge is 0.270 e. The molecule has 0 bridgehead atoms. The second-order valence-corrected chi connectivity index (χ2v) is 8.48. The van der Waals surface area contributed by atoms with E-state index in [0.29, 0.717) is 41.7 Å². The molecule has 0 saturated heterocycles. The quantitative estimate of drug-likeness (QED) is 0.177. The topological polar surface area (TPSA) is 118 Å². The number of fused-ring (bicyclic) bond motifs is 3. The van der Waals surface area contributed by atoms with Crippen molar-refractivity contribution in [2.24, 2.45) is 5.73 Å². The third-order valence-corrected chi connectivity index (χ3v) is 5.84. The van der Waals surface area contributed by atoms with E-state index in [0.717, 1.165) is 42.0 Å². The summed E-state index contributed by atoms with van der Waals surface area (Å²) in [6.07, 6.45) is 3.61. The van der Waals surface area contributed by atoms with E-state index in [-0.39, 0.29) is 11.5 Å². The van der Waals surface area contributed by atoms with Gasteiger partial charge in [0.2, 0.25) is 5.91 Å². The van der Waals surface area contributed by atoms with E-state index in [2.05, 4.69) is 4.98 Å². The molecule has 0 aliphatic carbocycles. The number of rotatable bonds is 11. The number of aromatic amines is 1. The number of benzene rings is 3. The Kier molecular flexibility index (Phi) is 7.54. The highest BCUT2D eigenvalue weighted by molar-refractivity contribution is 6.07. The van der Waals surface area contributed by atoms with Crippen LogP contribution in [-0.4, -0.2) is 27.3 Å². The Balaban J connectivity index is 1.54. The lowest BCUT2D eigenvalue weighted by atomic mass is 10.1. The van der Waals surface area contributed by atoms with Gasteiger partial charge in [0.25, 0.3) is 5.56 Å². The van der Waals surface area contributed by atoms with Crippen molar-refractivity contribution in [1.82, 2.24) is 9.97 Å². The van der Waals surface area contributed by atoms with Gasteiger partial charge in [0.1, 0.15) is 11.4 Å². The fraction of sp³-hybridized carbons (Fsp3) is 0.296. The molecule has 1 atom stereocenters. The molecule has 3 aromatic carbocycles. The highest BCUT2D eigenvalue weighted by Crippen LogP contribution is 2.32. The summed E-state index contributed by atoms with van der Waals surface area (Å²) < 4.78 is 5.88. The van der Waals surface area contributed by atoms with E-state index in [1.807, 2.05) is 54.6 Å². The summed E-state index contributed by atoms with van der Waals surface area (Å²) in [7, 11) is 0. The van der Waals surface area contributed by atoms with E-state index in [4.69, 9.17) is 15.5 Å². The summed E-state index contributed by atoms with van der Waals surface area (Å²) in [5.41, 5.74) is 7.64. The monoisotopic (exact) mass is 459 g/mol. The Bertz CT molecular complexity index is 1330. The summed E-state index contributed by atoms with van der Waals surface area (Å²) in [5.74, 6) is 0.212. The van der Waals surface area contributed by atoms with Gasteiger partial charge in [-0.1, -0.05) is 67.4 Å². The van der Waals surface area contributed by atoms with Crippen LogP contribution in [0.4, 0.5) is 0 Å². The first-order valence-corrected chi connectivity index (χ1v) is 11.6. The number of hydrogen-bond donors (Lipinski definition) is 3. The minimum absolute atomic E-state index is 0.242. The van der Waals surface area contributed by atoms with Gasteiger partial charge in [-0.05, 0) is 18.4 Å². The average molecular weight is 460 g/mol. The lowest BCUT2D eigenvalue weighted by Gasteiger charge is -2.16. The largest absolute Gasteiger partial charge is 0.464 e. The molecule has 4 N–H and O–H groups in total. The Hall–Kier alpha value is -3.71. The van der Waals surface area contributed by atoms with Crippen molar-refractivity contribution in [2.45, 2.75) is 51.2 Å². The van der Waals surface area contributed by atoms with Crippen molar-refractivity contribution in [2.75, 3.05) is 0 Å². The molecule has 0 radical (unpaired) electrons. The summed E-state index contributed by atoms with van der Waals surface area (Å²) in [6, 6.07) is 19.2. The van der Waals surface area contributed by atoms with Crippen LogP contribution < -0.4 is 16.0 Å². The van der Waals surface area contributed by atoms with Crippen LogP contribution in [0.5, 0.6) is 5.75 Å². The van der Waals surface area contributed by atoms with Crippen LogP contribution in [0, 0.1) is 0 Å². The number of carbonyl (C=O) groups is 1. The molecule has 176 valence electrons. The number of aliphatic hydroxyl groups is 1. The van der Waals surface area contributed by atoms with Gasteiger partial charge in [-0.25, -0.2) is 4.98 Å². The van der Waals surface area contributed by atoms with Crippen LogP contribution in [0.25, 0.3) is 21.8 Å². The molecule has 1 unspecified atom stereocenters. The minimum atomic E-state index is -0.978. The number of nitrogens with zero attached hydrogens (tertiary/aromatic N) is 1. The van der Waals surface area contributed by atoms with Crippen molar-refractivity contribution in [1.29, 1.82) is 0 Å². The third kappa shape index (κ3) is 5.80. The number of nitrogens with one attached hydrogen (secondary N) is 1. The number of unbranched alkanes of at least 4 members (excludes halogenated alkanes) is 3. The number of primary amides is 1. The molecule has 0 fully saturated rings. The van der Waals surface area contributed by atoms with Gasteiger partial charge in [-0.15, -0.1) is 0 Å². The van der Waals surface area contributed by atoms with Gasteiger partial charge < -0.3 is 20.6 Å². The first kappa shape index (κ1) is 23.4. The molecule has 0 spiro atoms. The maximum absolute atomic E-state index is 12.7. The van der Waals surface area contributed by atoms with E-state index in [1.165, 1.54) is 0 Å². The fourth-order valence-corrected chi connectivity index (χ4v) is 4.11. The van der Waals surface area contributed by atoms with Crippen LogP contribution in [-0.2, 0) is 11.2 Å². The lowest BCUT2D eigenvalue weighted by Crippen LogP contribution is -2.17. The summed E-state index contributed by atoms with van der Waals surface area (Å²) in [6.45, 7) is 0. The Labute approximate surface area is 197 Å². The van der Waals surface area contributed by atoms with E-state index in [9.17, 15) is 14.7 Å². The highest BCUT2D eigenvalue weighted by Gasteiger charge is 2.15. The average Bonchev–Trinajstić information content (AvgIpc) is 2.83. The van der Waals surface area contributed by atoms with Crippen LogP contribution >= 0.6 is 0 Å². The maximum atomic E-state index is 12.7. The molecule has 7 nitrogen and oxygen atoms in total. The van der Waals surface area contributed by atoms with Crippen molar-refractivity contribution in [3.63, 3.8) is 0 Å². The van der Waals surface area contributed by atoms with Crippen LogP contribution in [0.3, 0.4) is 0 Å². The van der Waals surface area contributed by atoms with Gasteiger partial charge in [-0.2, -0.15) is 0 Å². The molecular formula is C27H29N3O4. The van der Waals surface area contributed by atoms with Gasteiger partial charge in [0.15, 0.2) is 6.29 Å². The van der Waals surface area contributed by atoms with Gasteiger partial charge in [-0.3, -0.25) is 9.59 Å². The molecule has 0 saturated carbocycles. The SMILES string of the molecule is NC(=O)CCCCCCC(O)Oc1cc2[nH]c(=O)c(Cc3ccccc3)nc2c2ccccc12. The normalized spacial score (nSPS) is 12.1. The second kappa shape index (κ2) is 10.9. The molecule has 0 aliphatic heterocycles. The molecule has 1 amide bonds. The molecule has 1 aromatic heterocycles. The number of aliphatic hydroxyl groups excluding tert-OH is 1. The second-order valence-electron chi connectivity index (χ2n) is 8.48. The highest BCUT2D eigenvalue weighted by atomic mass is 16.6. The lowest BCUT2D eigenvalue weighted by molar-refractivity contribution is -0.118. The van der Waals surface area contributed by atoms with E-state index < -0.39 is 6.29 Å². The standard InChI is InChI=1S/C27H29N3O4/c28-24(31)14-6-1-2-7-15-25(32)34-23-17-21-26(20-13-9-8-12-19(20)23)29-22(27(33)30-21)16-18-10-4-3-5-11-18/h3-5,8-13,17,25,32H,1-2,6-7,14-16H2,(H2,28,31)(H,30,33). The van der Waals surface area contributed by atoms with Crippen molar-refractivity contribution < 1.29 is 14.6 Å². The van der Waals surface area contributed by atoms with Crippen molar-refractivity contribution in [3.05, 3.63) is 82.3 Å². The Morgan fingerprint density at radius 2 is 1.71 bits per heavy atom. The van der Waals surface area contributed by atoms with E-state index in [1.54, 1.807) is 6.07 Å². The molecule has 34 heavy (non-hydrogen) atoms.